The molecule has 2 N–H and O–H groups in total. The van der Waals surface area contributed by atoms with Gasteiger partial charge in [0.25, 0.3) is 5.91 Å². The Bertz CT molecular complexity index is 1160. The summed E-state index contributed by atoms with van der Waals surface area (Å²) in [6.07, 6.45) is 4.25. The van der Waals surface area contributed by atoms with E-state index in [4.69, 9.17) is 0 Å². The molecule has 196 valence electrons. The van der Waals surface area contributed by atoms with Gasteiger partial charge in [0.2, 0.25) is 5.91 Å². The standard InChI is InChI=1S/C28H36N6O3/c1-3-26-30-23(16-27(31-26)29-22-9-13-32(14-10-22)19(2)35)28(37)34-15-11-24(25(36)18-34)33-12-8-20-6-4-5-7-21(20)17-33/h3-7,16,22,24-25,36H,1,8-15,17-18H2,2H3,(H,29,30,31)/t24-,25-/m1/s1. The molecule has 37 heavy (non-hydrogen) atoms. The lowest BCUT2D eigenvalue weighted by atomic mass is 9.94. The molecule has 9 nitrogen and oxygen atoms in total. The van der Waals surface area contributed by atoms with Gasteiger partial charge in [0, 0.05) is 64.3 Å². The molecule has 5 rings (SSSR count). The third kappa shape index (κ3) is 5.67. The average Bonchev–Trinajstić information content (AvgIpc) is 2.92. The van der Waals surface area contributed by atoms with E-state index in [-0.39, 0.29) is 30.4 Å². The number of aromatic nitrogens is 2. The zero-order chi connectivity index (χ0) is 25.9. The number of likely N-dealkylation sites (tertiary alicyclic amines) is 2. The Morgan fingerprint density at radius 3 is 2.49 bits per heavy atom. The molecule has 0 bridgehead atoms. The lowest BCUT2D eigenvalue weighted by Gasteiger charge is -2.43. The summed E-state index contributed by atoms with van der Waals surface area (Å²) >= 11 is 0. The van der Waals surface area contributed by atoms with Gasteiger partial charge in [-0.2, -0.15) is 0 Å². The Hall–Kier alpha value is -3.30. The van der Waals surface area contributed by atoms with Crippen molar-refractivity contribution < 1.29 is 14.7 Å². The van der Waals surface area contributed by atoms with Crippen molar-refractivity contribution in [2.45, 2.75) is 57.3 Å². The smallest absolute Gasteiger partial charge is 0.272 e. The van der Waals surface area contributed by atoms with Crippen molar-refractivity contribution in [1.82, 2.24) is 24.7 Å². The number of amides is 2. The third-order valence-corrected chi connectivity index (χ3v) is 7.90. The van der Waals surface area contributed by atoms with Gasteiger partial charge in [-0.05, 0) is 42.9 Å². The van der Waals surface area contributed by atoms with Crippen LogP contribution in [0.15, 0.2) is 36.9 Å². The number of fused-ring (bicyclic) bond motifs is 1. The van der Waals surface area contributed by atoms with Crippen LogP contribution in [0.2, 0.25) is 0 Å². The highest BCUT2D eigenvalue weighted by atomic mass is 16.3. The summed E-state index contributed by atoms with van der Waals surface area (Å²) in [6, 6.07) is 10.4. The van der Waals surface area contributed by atoms with E-state index in [0.29, 0.717) is 43.4 Å². The molecule has 0 radical (unpaired) electrons. The van der Waals surface area contributed by atoms with Crippen LogP contribution in [0.3, 0.4) is 0 Å². The van der Waals surface area contributed by atoms with Gasteiger partial charge in [0.15, 0.2) is 5.82 Å². The first-order valence-electron chi connectivity index (χ1n) is 13.2. The molecule has 0 aliphatic carbocycles. The second-order valence-corrected chi connectivity index (χ2v) is 10.3. The number of nitrogens with one attached hydrogen (secondary N) is 1. The average molecular weight is 505 g/mol. The number of piperidine rings is 2. The van der Waals surface area contributed by atoms with Crippen LogP contribution in [0.1, 0.15) is 53.6 Å². The highest BCUT2D eigenvalue weighted by Crippen LogP contribution is 2.26. The molecule has 0 unspecified atom stereocenters. The monoisotopic (exact) mass is 504 g/mol. The van der Waals surface area contributed by atoms with Gasteiger partial charge in [0.1, 0.15) is 11.5 Å². The van der Waals surface area contributed by atoms with E-state index in [2.05, 4.69) is 51.0 Å². The predicted octanol–water partition coefficient (Wildman–Crippen LogP) is 2.18. The summed E-state index contributed by atoms with van der Waals surface area (Å²) in [4.78, 5) is 39.8. The first-order valence-corrected chi connectivity index (χ1v) is 13.2. The molecule has 1 aromatic carbocycles. The quantitative estimate of drug-likeness (QED) is 0.644. The van der Waals surface area contributed by atoms with Crippen LogP contribution >= 0.6 is 0 Å². The summed E-state index contributed by atoms with van der Waals surface area (Å²) in [5, 5.41) is 14.5. The van der Waals surface area contributed by atoms with Crippen molar-refractivity contribution in [3.63, 3.8) is 0 Å². The van der Waals surface area contributed by atoms with Crippen molar-refractivity contribution >= 4 is 23.7 Å². The van der Waals surface area contributed by atoms with Crippen LogP contribution < -0.4 is 5.32 Å². The van der Waals surface area contributed by atoms with E-state index < -0.39 is 6.10 Å². The Kier molecular flexibility index (Phi) is 7.53. The van der Waals surface area contributed by atoms with Crippen LogP contribution in [0.5, 0.6) is 0 Å². The molecule has 3 aliphatic heterocycles. The fraction of sp³-hybridized carbons (Fsp3) is 0.500. The van der Waals surface area contributed by atoms with Crippen LogP contribution in [-0.2, 0) is 17.8 Å². The Morgan fingerprint density at radius 2 is 1.78 bits per heavy atom. The molecular formula is C28H36N6O3. The molecule has 9 heteroatoms. The maximum Gasteiger partial charge on any atom is 0.272 e. The number of carbonyl (C=O) groups excluding carboxylic acids is 2. The number of nitrogens with zero attached hydrogens (tertiary/aromatic N) is 5. The number of hydrogen-bond donors (Lipinski definition) is 2. The van der Waals surface area contributed by atoms with Gasteiger partial charge in [0.05, 0.1) is 6.10 Å². The summed E-state index contributed by atoms with van der Waals surface area (Å²) < 4.78 is 0. The van der Waals surface area contributed by atoms with E-state index >= 15 is 0 Å². The number of carbonyl (C=O) groups is 2. The first kappa shape index (κ1) is 25.4. The zero-order valence-corrected chi connectivity index (χ0v) is 21.5. The van der Waals surface area contributed by atoms with E-state index in [1.54, 1.807) is 17.9 Å². The second kappa shape index (κ2) is 11.0. The van der Waals surface area contributed by atoms with Gasteiger partial charge in [-0.15, -0.1) is 0 Å². The number of aliphatic hydroxyl groups is 1. The molecule has 1 aromatic heterocycles. The largest absolute Gasteiger partial charge is 0.390 e. The minimum Gasteiger partial charge on any atom is -0.390 e. The molecule has 4 heterocycles. The van der Waals surface area contributed by atoms with Gasteiger partial charge in [-0.3, -0.25) is 14.5 Å². The van der Waals surface area contributed by atoms with E-state index in [1.807, 2.05) is 4.90 Å². The minimum absolute atomic E-state index is 0.0321. The third-order valence-electron chi connectivity index (χ3n) is 7.90. The van der Waals surface area contributed by atoms with E-state index in [1.165, 1.54) is 17.2 Å². The molecule has 0 spiro atoms. The Labute approximate surface area is 218 Å². The normalized spacial score (nSPS) is 22.9. The van der Waals surface area contributed by atoms with Gasteiger partial charge < -0.3 is 20.2 Å². The van der Waals surface area contributed by atoms with E-state index in [0.717, 1.165) is 32.4 Å². The molecule has 2 fully saturated rings. The van der Waals surface area contributed by atoms with Crippen LogP contribution in [-0.4, -0.2) is 92.5 Å². The minimum atomic E-state index is -0.618. The fourth-order valence-electron chi connectivity index (χ4n) is 5.78. The van der Waals surface area contributed by atoms with Crippen molar-refractivity contribution in [2.75, 3.05) is 38.0 Å². The van der Waals surface area contributed by atoms with Crippen LogP contribution in [0.25, 0.3) is 6.08 Å². The maximum atomic E-state index is 13.4. The Balaban J connectivity index is 1.22. The SMILES string of the molecule is C=Cc1nc(NC2CCN(C(C)=O)CC2)cc(C(=O)N2CC[C@@H](N3CCc4ccccc4C3)[C@H](O)C2)n1. The number of hydrogen-bond acceptors (Lipinski definition) is 7. The lowest BCUT2D eigenvalue weighted by Crippen LogP contribution is -2.56. The van der Waals surface area contributed by atoms with Crippen LogP contribution in [0, 0.1) is 0 Å². The highest BCUT2D eigenvalue weighted by Gasteiger charge is 2.36. The van der Waals surface area contributed by atoms with Crippen molar-refractivity contribution in [3.05, 3.63) is 59.6 Å². The fourth-order valence-corrected chi connectivity index (χ4v) is 5.78. The first-order chi connectivity index (χ1) is 17.9. The predicted molar refractivity (Wildman–Crippen MR) is 142 cm³/mol. The van der Waals surface area contributed by atoms with Gasteiger partial charge in [-0.1, -0.05) is 30.8 Å². The highest BCUT2D eigenvalue weighted by molar-refractivity contribution is 5.93. The number of rotatable bonds is 5. The molecule has 2 saturated heterocycles. The molecule has 2 aromatic rings. The number of anilines is 1. The number of β-amino-alcohol motifs (C(OH)–C–C–N with tert-alkyl or cyclic N) is 1. The molecular weight excluding hydrogens is 468 g/mol. The molecule has 2 amide bonds. The summed E-state index contributed by atoms with van der Waals surface area (Å²) in [5.41, 5.74) is 3.01. The Morgan fingerprint density at radius 1 is 1.05 bits per heavy atom. The van der Waals surface area contributed by atoms with Crippen LogP contribution in [0.4, 0.5) is 5.82 Å². The molecule has 3 aliphatic rings. The van der Waals surface area contributed by atoms with Crippen molar-refractivity contribution in [2.24, 2.45) is 0 Å². The summed E-state index contributed by atoms with van der Waals surface area (Å²) in [6.45, 7) is 9.38. The van der Waals surface area contributed by atoms with Crippen molar-refractivity contribution in [1.29, 1.82) is 0 Å². The zero-order valence-electron chi connectivity index (χ0n) is 21.5. The topological polar surface area (TPSA) is 102 Å². The molecule has 2 atom stereocenters. The van der Waals surface area contributed by atoms with Crippen molar-refractivity contribution in [3.8, 4) is 0 Å². The number of benzene rings is 1. The molecule has 0 saturated carbocycles. The van der Waals surface area contributed by atoms with Gasteiger partial charge >= 0.3 is 0 Å². The second-order valence-electron chi connectivity index (χ2n) is 10.3. The maximum absolute atomic E-state index is 13.4. The van der Waals surface area contributed by atoms with E-state index in [9.17, 15) is 14.7 Å². The summed E-state index contributed by atoms with van der Waals surface area (Å²) in [5.74, 6) is 0.855. The lowest BCUT2D eigenvalue weighted by molar-refractivity contribution is -0.129. The number of aliphatic hydroxyl groups excluding tert-OH is 1. The van der Waals surface area contributed by atoms with Gasteiger partial charge in [-0.25, -0.2) is 9.97 Å². The summed E-state index contributed by atoms with van der Waals surface area (Å²) in [7, 11) is 0.